The molecule has 21 heavy (non-hydrogen) atoms. The summed E-state index contributed by atoms with van der Waals surface area (Å²) in [6.45, 7) is 2.79. The Morgan fingerprint density at radius 2 is 1.81 bits per heavy atom. The number of pyridine rings is 1. The highest BCUT2D eigenvalue weighted by Gasteiger charge is 2.03. The Hall–Kier alpha value is -1.52. The van der Waals surface area contributed by atoms with Crippen molar-refractivity contribution in [3.63, 3.8) is 0 Å². The number of benzene rings is 1. The van der Waals surface area contributed by atoms with E-state index in [1.165, 1.54) is 10.5 Å². The van der Waals surface area contributed by atoms with E-state index in [0.29, 0.717) is 12.1 Å². The highest BCUT2D eigenvalue weighted by Crippen LogP contribution is 2.17. The minimum atomic E-state index is -0.0504. The van der Waals surface area contributed by atoms with Crippen molar-refractivity contribution in [2.45, 2.75) is 18.2 Å². The third-order valence-electron chi connectivity index (χ3n) is 2.88. The predicted octanol–water partition coefficient (Wildman–Crippen LogP) is 3.59. The number of hydrogen-bond acceptors (Lipinski definition) is 3. The lowest BCUT2D eigenvalue weighted by atomic mass is 10.1. The van der Waals surface area contributed by atoms with Crippen LogP contribution in [0.5, 0.6) is 0 Å². The van der Waals surface area contributed by atoms with Crippen LogP contribution in [0, 0.1) is 0 Å². The number of nitrogens with zero attached hydrogens (tertiary/aromatic N) is 1. The summed E-state index contributed by atoms with van der Waals surface area (Å²) in [6, 6.07) is 11.9. The number of rotatable bonds is 6. The van der Waals surface area contributed by atoms with Gasteiger partial charge in [0.1, 0.15) is 0 Å². The third-order valence-corrected chi connectivity index (χ3v) is 3.77. The topological polar surface area (TPSA) is 42.0 Å². The molecule has 1 aromatic carbocycles. The van der Waals surface area contributed by atoms with E-state index in [4.69, 9.17) is 0 Å². The summed E-state index contributed by atoms with van der Waals surface area (Å²) in [5.41, 5.74) is 1.88. The molecule has 2 aromatic rings. The summed E-state index contributed by atoms with van der Waals surface area (Å²) in [7, 11) is 0. The average Bonchev–Trinajstić information content (AvgIpc) is 2.50. The first-order chi connectivity index (χ1) is 9.79. The number of thioether (sulfide) groups is 1. The molecule has 5 heteroatoms. The van der Waals surface area contributed by atoms with Gasteiger partial charge in [-0.25, -0.2) is 0 Å². The number of aromatic nitrogens is 1. The van der Waals surface area contributed by atoms with Crippen LogP contribution in [-0.4, -0.2) is 23.2 Å². The van der Waals surface area contributed by atoms with Crippen molar-refractivity contribution in [1.29, 1.82) is 0 Å². The normalized spacial score (nSPS) is 9.76. The second-order valence-electron chi connectivity index (χ2n) is 4.32. The molecule has 0 radical (unpaired) electrons. The summed E-state index contributed by atoms with van der Waals surface area (Å²) in [4.78, 5) is 17.0. The maximum Gasteiger partial charge on any atom is 0.251 e. The van der Waals surface area contributed by atoms with Crippen LogP contribution in [-0.2, 0) is 6.42 Å². The van der Waals surface area contributed by atoms with Gasteiger partial charge in [-0.15, -0.1) is 24.2 Å². The number of halogens is 1. The van der Waals surface area contributed by atoms with Gasteiger partial charge in [-0.05, 0) is 42.0 Å². The zero-order chi connectivity index (χ0) is 14.2. The molecule has 0 saturated heterocycles. The molecule has 0 unspecified atom stereocenters. The molecule has 0 bridgehead atoms. The highest BCUT2D eigenvalue weighted by molar-refractivity contribution is 7.99. The molecule has 0 atom stereocenters. The van der Waals surface area contributed by atoms with Gasteiger partial charge in [-0.2, -0.15) is 0 Å². The lowest BCUT2D eigenvalue weighted by Crippen LogP contribution is -2.25. The molecule has 0 fully saturated rings. The largest absolute Gasteiger partial charge is 0.352 e. The molecule has 2 rings (SSSR count). The van der Waals surface area contributed by atoms with E-state index in [1.807, 2.05) is 11.8 Å². The Balaban J connectivity index is 0.00000220. The van der Waals surface area contributed by atoms with Crippen molar-refractivity contribution >= 4 is 30.1 Å². The lowest BCUT2D eigenvalue weighted by Gasteiger charge is -2.06. The minimum Gasteiger partial charge on any atom is -0.352 e. The number of nitrogens with one attached hydrogen (secondary N) is 1. The Kier molecular flexibility index (Phi) is 7.87. The summed E-state index contributed by atoms with van der Waals surface area (Å²) in [5, 5.41) is 2.92. The standard InChI is InChI=1S/C16H18N2OS.ClH/c1-2-20-15-5-3-13(4-6-15)7-12-18-16(19)14-8-10-17-11-9-14;/h3-6,8-11H,2,7,12H2,1H3,(H,18,19);1H. The molecule has 0 saturated carbocycles. The van der Waals surface area contributed by atoms with Crippen LogP contribution >= 0.6 is 24.2 Å². The van der Waals surface area contributed by atoms with Gasteiger partial charge in [0, 0.05) is 29.4 Å². The number of amides is 1. The smallest absolute Gasteiger partial charge is 0.251 e. The van der Waals surface area contributed by atoms with Crippen molar-refractivity contribution in [2.24, 2.45) is 0 Å². The highest BCUT2D eigenvalue weighted by atomic mass is 35.5. The van der Waals surface area contributed by atoms with Gasteiger partial charge in [0.05, 0.1) is 0 Å². The second kappa shape index (κ2) is 9.42. The molecular weight excluding hydrogens is 304 g/mol. The summed E-state index contributed by atoms with van der Waals surface area (Å²) >= 11 is 1.83. The van der Waals surface area contributed by atoms with Gasteiger partial charge in [-0.1, -0.05) is 19.1 Å². The van der Waals surface area contributed by atoms with E-state index in [1.54, 1.807) is 24.5 Å². The molecule has 112 valence electrons. The molecule has 1 N–H and O–H groups in total. The van der Waals surface area contributed by atoms with Crippen LogP contribution in [0.2, 0.25) is 0 Å². The van der Waals surface area contributed by atoms with E-state index >= 15 is 0 Å². The molecule has 0 aliphatic rings. The molecule has 0 spiro atoms. The van der Waals surface area contributed by atoms with Gasteiger partial charge >= 0.3 is 0 Å². The Labute approximate surface area is 136 Å². The van der Waals surface area contributed by atoms with Crippen molar-refractivity contribution < 1.29 is 4.79 Å². The average molecular weight is 323 g/mol. The summed E-state index contributed by atoms with van der Waals surface area (Å²) < 4.78 is 0. The first-order valence-electron chi connectivity index (χ1n) is 6.69. The monoisotopic (exact) mass is 322 g/mol. The first kappa shape index (κ1) is 17.5. The van der Waals surface area contributed by atoms with E-state index in [-0.39, 0.29) is 18.3 Å². The van der Waals surface area contributed by atoms with Crippen LogP contribution in [0.4, 0.5) is 0 Å². The Bertz CT molecular complexity index is 546. The summed E-state index contributed by atoms with van der Waals surface area (Å²) in [5.74, 6) is 1.03. The fourth-order valence-corrected chi connectivity index (χ4v) is 2.51. The van der Waals surface area contributed by atoms with Crippen LogP contribution < -0.4 is 5.32 Å². The predicted molar refractivity (Wildman–Crippen MR) is 90.4 cm³/mol. The van der Waals surface area contributed by atoms with E-state index in [0.717, 1.165) is 12.2 Å². The lowest BCUT2D eigenvalue weighted by molar-refractivity contribution is 0.0954. The van der Waals surface area contributed by atoms with Gasteiger partial charge in [0.25, 0.3) is 5.91 Å². The fourth-order valence-electron chi connectivity index (χ4n) is 1.84. The van der Waals surface area contributed by atoms with Crippen LogP contribution in [0.3, 0.4) is 0 Å². The quantitative estimate of drug-likeness (QED) is 0.826. The fraction of sp³-hybridized carbons (Fsp3) is 0.250. The third kappa shape index (κ3) is 5.78. The van der Waals surface area contributed by atoms with Gasteiger partial charge in [-0.3, -0.25) is 9.78 Å². The van der Waals surface area contributed by atoms with Crippen LogP contribution in [0.15, 0.2) is 53.7 Å². The zero-order valence-electron chi connectivity index (χ0n) is 11.9. The molecule has 0 aliphatic heterocycles. The molecule has 0 aliphatic carbocycles. The van der Waals surface area contributed by atoms with Crippen molar-refractivity contribution in [1.82, 2.24) is 10.3 Å². The number of carbonyl (C=O) groups is 1. The molecular formula is C16H19ClN2OS. The minimum absolute atomic E-state index is 0. The van der Waals surface area contributed by atoms with Crippen molar-refractivity contribution in [3.05, 3.63) is 59.9 Å². The number of carbonyl (C=O) groups excluding carboxylic acids is 1. The molecule has 3 nitrogen and oxygen atoms in total. The van der Waals surface area contributed by atoms with E-state index in [2.05, 4.69) is 41.5 Å². The van der Waals surface area contributed by atoms with E-state index in [9.17, 15) is 4.79 Å². The maximum absolute atomic E-state index is 11.8. The Morgan fingerprint density at radius 1 is 1.14 bits per heavy atom. The van der Waals surface area contributed by atoms with Gasteiger partial charge < -0.3 is 5.32 Å². The Morgan fingerprint density at radius 3 is 2.43 bits per heavy atom. The SMILES string of the molecule is CCSc1ccc(CCNC(=O)c2ccncc2)cc1.Cl. The van der Waals surface area contributed by atoms with Crippen LogP contribution in [0.1, 0.15) is 22.8 Å². The molecule has 1 amide bonds. The number of hydrogen-bond donors (Lipinski definition) is 1. The van der Waals surface area contributed by atoms with Gasteiger partial charge in [0.15, 0.2) is 0 Å². The molecule has 1 heterocycles. The summed E-state index contributed by atoms with van der Waals surface area (Å²) in [6.07, 6.45) is 4.09. The van der Waals surface area contributed by atoms with Crippen LogP contribution in [0.25, 0.3) is 0 Å². The first-order valence-corrected chi connectivity index (χ1v) is 7.68. The van der Waals surface area contributed by atoms with Crippen molar-refractivity contribution in [2.75, 3.05) is 12.3 Å². The van der Waals surface area contributed by atoms with Gasteiger partial charge in [0.2, 0.25) is 0 Å². The zero-order valence-corrected chi connectivity index (χ0v) is 13.5. The maximum atomic E-state index is 11.8. The van der Waals surface area contributed by atoms with Crippen molar-refractivity contribution in [3.8, 4) is 0 Å². The molecule has 1 aromatic heterocycles. The van der Waals surface area contributed by atoms with E-state index < -0.39 is 0 Å². The second-order valence-corrected chi connectivity index (χ2v) is 5.66.